The summed E-state index contributed by atoms with van der Waals surface area (Å²) in [6.07, 6.45) is 0. The molecule has 29 heavy (non-hydrogen) atoms. The van der Waals surface area contributed by atoms with E-state index in [2.05, 4.69) is 0 Å². The number of nitrogens with zero attached hydrogens (tertiary/aromatic N) is 2. The molecule has 0 aliphatic carbocycles. The van der Waals surface area contributed by atoms with Crippen LogP contribution in [0.1, 0.15) is 27.7 Å². The lowest BCUT2D eigenvalue weighted by molar-refractivity contribution is -0.896. The Hall–Kier alpha value is -1.84. The molecule has 1 N–H and O–H groups in total. The number of quaternary nitrogens is 1. The zero-order chi connectivity index (χ0) is 21.2. The van der Waals surface area contributed by atoms with Gasteiger partial charge in [-0.1, -0.05) is 0 Å². The van der Waals surface area contributed by atoms with Crippen molar-refractivity contribution in [1.29, 1.82) is 0 Å². The van der Waals surface area contributed by atoms with E-state index in [1.165, 1.54) is 10.4 Å². The summed E-state index contributed by atoms with van der Waals surface area (Å²) < 4.78 is 38.5. The quantitative estimate of drug-likeness (QED) is 0.692. The summed E-state index contributed by atoms with van der Waals surface area (Å²) in [5, 5.41) is 0. The van der Waals surface area contributed by atoms with Gasteiger partial charge < -0.3 is 19.3 Å². The van der Waals surface area contributed by atoms with Crippen LogP contribution in [0, 0.1) is 0 Å². The highest BCUT2D eigenvalue weighted by Crippen LogP contribution is 2.33. The molecule has 1 saturated heterocycles. The fourth-order valence-corrected chi connectivity index (χ4v) is 5.49. The van der Waals surface area contributed by atoms with E-state index in [-0.39, 0.29) is 22.9 Å². The van der Waals surface area contributed by atoms with Gasteiger partial charge in [0.25, 0.3) is 5.91 Å². The number of piperazine rings is 1. The van der Waals surface area contributed by atoms with Crippen LogP contribution in [-0.4, -0.2) is 81.6 Å². The molecule has 0 saturated carbocycles. The van der Waals surface area contributed by atoms with Gasteiger partial charge in [0.05, 0.1) is 31.1 Å². The average molecular weight is 427 g/mol. The van der Waals surface area contributed by atoms with Crippen molar-refractivity contribution in [1.82, 2.24) is 9.21 Å². The molecule has 1 fully saturated rings. The lowest BCUT2D eigenvalue weighted by atomic mass is 10.2. The van der Waals surface area contributed by atoms with E-state index >= 15 is 0 Å². The molecular weight excluding hydrogens is 394 g/mol. The van der Waals surface area contributed by atoms with Crippen LogP contribution >= 0.6 is 0 Å². The van der Waals surface area contributed by atoms with Gasteiger partial charge >= 0.3 is 0 Å². The maximum atomic E-state index is 13.0. The SMILES string of the molecule is CC(C)N(C(=O)C[NH+]1CCN(S(=O)(=O)c2ccc3c(c2)OCCO3)CC1)C(C)C. The minimum absolute atomic E-state index is 0.119. The summed E-state index contributed by atoms with van der Waals surface area (Å²) in [5.74, 6) is 1.16. The molecule has 3 rings (SSSR count). The number of ether oxygens (including phenoxy) is 2. The van der Waals surface area contributed by atoms with Crippen LogP contribution in [0.3, 0.4) is 0 Å². The topological polar surface area (TPSA) is 80.6 Å². The van der Waals surface area contributed by atoms with Gasteiger partial charge in [0.2, 0.25) is 10.0 Å². The molecule has 2 aliphatic rings. The van der Waals surface area contributed by atoms with Gasteiger partial charge in [0.1, 0.15) is 13.2 Å². The normalized spacial score (nSPS) is 18.3. The van der Waals surface area contributed by atoms with E-state index in [1.807, 2.05) is 32.6 Å². The van der Waals surface area contributed by atoms with E-state index < -0.39 is 10.0 Å². The predicted molar refractivity (Wildman–Crippen MR) is 109 cm³/mol. The van der Waals surface area contributed by atoms with Gasteiger partial charge in [-0.2, -0.15) is 4.31 Å². The van der Waals surface area contributed by atoms with Crippen LogP contribution in [0.15, 0.2) is 23.1 Å². The molecule has 1 aromatic rings. The largest absolute Gasteiger partial charge is 0.486 e. The highest BCUT2D eigenvalue weighted by Gasteiger charge is 2.33. The van der Waals surface area contributed by atoms with Crippen molar-refractivity contribution in [2.24, 2.45) is 0 Å². The summed E-state index contributed by atoms with van der Waals surface area (Å²) in [7, 11) is -3.60. The van der Waals surface area contributed by atoms with Crippen LogP contribution in [0.5, 0.6) is 11.5 Å². The Morgan fingerprint density at radius 3 is 2.24 bits per heavy atom. The van der Waals surface area contributed by atoms with Crippen molar-refractivity contribution in [2.75, 3.05) is 45.9 Å². The van der Waals surface area contributed by atoms with Gasteiger partial charge in [-0.25, -0.2) is 8.42 Å². The Balaban J connectivity index is 1.62. The Labute approximate surface area is 173 Å². The maximum Gasteiger partial charge on any atom is 0.278 e. The third-order valence-corrected chi connectivity index (χ3v) is 7.28. The number of amides is 1. The zero-order valence-electron chi connectivity index (χ0n) is 17.7. The summed E-state index contributed by atoms with van der Waals surface area (Å²) in [5.41, 5.74) is 0. The monoisotopic (exact) mass is 426 g/mol. The van der Waals surface area contributed by atoms with Crippen LogP contribution in [-0.2, 0) is 14.8 Å². The van der Waals surface area contributed by atoms with E-state index in [1.54, 1.807) is 12.1 Å². The second kappa shape index (κ2) is 8.89. The molecule has 0 spiro atoms. The molecule has 0 atom stereocenters. The van der Waals surface area contributed by atoms with Gasteiger partial charge in [-0.3, -0.25) is 4.79 Å². The first-order valence-corrected chi connectivity index (χ1v) is 11.7. The molecular formula is C20H32N3O5S+. The molecule has 8 nitrogen and oxygen atoms in total. The molecule has 0 bridgehead atoms. The third-order valence-electron chi connectivity index (χ3n) is 5.38. The van der Waals surface area contributed by atoms with E-state index in [0.717, 1.165) is 4.90 Å². The number of carbonyl (C=O) groups excluding carboxylic acids is 1. The fraction of sp³-hybridized carbons (Fsp3) is 0.650. The number of nitrogens with one attached hydrogen (secondary N) is 1. The van der Waals surface area contributed by atoms with Crippen LogP contribution in [0.4, 0.5) is 0 Å². The second-order valence-corrected chi connectivity index (χ2v) is 10.1. The molecule has 0 aromatic heterocycles. The van der Waals surface area contributed by atoms with Crippen molar-refractivity contribution in [3.63, 3.8) is 0 Å². The first-order chi connectivity index (χ1) is 13.7. The molecule has 162 valence electrons. The van der Waals surface area contributed by atoms with E-state index in [0.29, 0.717) is 57.4 Å². The number of sulfonamides is 1. The van der Waals surface area contributed by atoms with Crippen LogP contribution in [0.2, 0.25) is 0 Å². The summed E-state index contributed by atoms with van der Waals surface area (Å²) in [6.45, 7) is 11.4. The number of hydrogen-bond donors (Lipinski definition) is 1. The van der Waals surface area contributed by atoms with E-state index in [9.17, 15) is 13.2 Å². The smallest absolute Gasteiger partial charge is 0.278 e. The predicted octanol–water partition coefficient (Wildman–Crippen LogP) is -0.00760. The molecule has 0 radical (unpaired) electrons. The first kappa shape index (κ1) is 21.9. The van der Waals surface area contributed by atoms with Gasteiger partial charge in [0.15, 0.2) is 18.0 Å². The standard InChI is InChI=1S/C20H31N3O5S/c1-15(2)23(16(3)4)20(24)14-21-7-9-22(10-8-21)29(25,26)17-5-6-18-19(13-17)28-12-11-27-18/h5-6,13,15-16H,7-12,14H2,1-4H3/p+1. The van der Waals surface area contributed by atoms with Crippen molar-refractivity contribution < 1.29 is 27.6 Å². The number of carbonyl (C=O) groups is 1. The Bertz CT molecular complexity index is 825. The highest BCUT2D eigenvalue weighted by atomic mass is 32.2. The molecule has 2 heterocycles. The molecule has 1 amide bonds. The maximum absolute atomic E-state index is 13.0. The average Bonchev–Trinajstić information content (AvgIpc) is 2.67. The van der Waals surface area contributed by atoms with Crippen molar-refractivity contribution in [3.8, 4) is 11.5 Å². The zero-order valence-corrected chi connectivity index (χ0v) is 18.5. The second-order valence-electron chi connectivity index (χ2n) is 8.12. The Kier molecular flexibility index (Phi) is 6.70. The highest BCUT2D eigenvalue weighted by molar-refractivity contribution is 7.89. The lowest BCUT2D eigenvalue weighted by Gasteiger charge is -2.35. The molecule has 1 aromatic carbocycles. The van der Waals surface area contributed by atoms with E-state index in [4.69, 9.17) is 9.47 Å². The first-order valence-electron chi connectivity index (χ1n) is 10.2. The number of rotatable bonds is 6. The summed E-state index contributed by atoms with van der Waals surface area (Å²) in [4.78, 5) is 15.9. The summed E-state index contributed by atoms with van der Waals surface area (Å²) >= 11 is 0. The van der Waals surface area contributed by atoms with Crippen molar-refractivity contribution in [2.45, 2.75) is 44.7 Å². The van der Waals surface area contributed by atoms with Gasteiger partial charge in [-0.05, 0) is 39.8 Å². The summed E-state index contributed by atoms with van der Waals surface area (Å²) in [6, 6.07) is 5.05. The van der Waals surface area contributed by atoms with Crippen molar-refractivity contribution >= 4 is 15.9 Å². The molecule has 9 heteroatoms. The van der Waals surface area contributed by atoms with Crippen LogP contribution in [0.25, 0.3) is 0 Å². The van der Waals surface area contributed by atoms with Gasteiger partial charge in [0, 0.05) is 18.2 Å². The lowest BCUT2D eigenvalue weighted by Crippen LogP contribution is -3.15. The fourth-order valence-electron chi connectivity index (χ4n) is 4.03. The number of benzene rings is 1. The molecule has 0 unspecified atom stereocenters. The minimum Gasteiger partial charge on any atom is -0.486 e. The van der Waals surface area contributed by atoms with Crippen molar-refractivity contribution in [3.05, 3.63) is 18.2 Å². The number of fused-ring (bicyclic) bond motifs is 1. The number of hydrogen-bond acceptors (Lipinski definition) is 5. The Morgan fingerprint density at radius 1 is 1.07 bits per heavy atom. The Morgan fingerprint density at radius 2 is 1.66 bits per heavy atom. The molecule has 2 aliphatic heterocycles. The third kappa shape index (κ3) is 4.84. The van der Waals surface area contributed by atoms with Crippen LogP contribution < -0.4 is 14.4 Å². The minimum atomic E-state index is -3.60. The van der Waals surface area contributed by atoms with Gasteiger partial charge in [-0.15, -0.1) is 0 Å².